The summed E-state index contributed by atoms with van der Waals surface area (Å²) in [5, 5.41) is 7.50. The molecule has 0 saturated carbocycles. The van der Waals surface area contributed by atoms with Crippen LogP contribution in [0.1, 0.15) is 19.4 Å². The van der Waals surface area contributed by atoms with Crippen LogP contribution < -0.4 is 0 Å². The minimum absolute atomic E-state index is 0.160. The van der Waals surface area contributed by atoms with Crippen molar-refractivity contribution in [1.29, 1.82) is 0 Å². The van der Waals surface area contributed by atoms with Crippen molar-refractivity contribution in [1.82, 2.24) is 10.2 Å². The summed E-state index contributed by atoms with van der Waals surface area (Å²) in [6, 6.07) is 1.99. The third-order valence-electron chi connectivity index (χ3n) is 1.27. The molecule has 1 aromatic rings. The van der Waals surface area contributed by atoms with Crippen LogP contribution in [0.3, 0.4) is 0 Å². The molecule has 0 bridgehead atoms. The van der Waals surface area contributed by atoms with Crippen LogP contribution in [0.25, 0.3) is 0 Å². The molecule has 0 aliphatic rings. The van der Waals surface area contributed by atoms with Crippen molar-refractivity contribution in [2.24, 2.45) is 0 Å². The van der Waals surface area contributed by atoms with Gasteiger partial charge in [-0.2, -0.15) is 10.2 Å². The zero-order valence-electron chi connectivity index (χ0n) is 6.00. The van der Waals surface area contributed by atoms with Gasteiger partial charge in [0.1, 0.15) is 0 Å². The van der Waals surface area contributed by atoms with Gasteiger partial charge in [0.05, 0.1) is 6.20 Å². The van der Waals surface area contributed by atoms with Gasteiger partial charge in [-0.05, 0) is 25.5 Å². The third kappa shape index (κ3) is 1.90. The van der Waals surface area contributed by atoms with Gasteiger partial charge in [0.25, 0.3) is 0 Å². The first-order valence-electron chi connectivity index (χ1n) is 3.07. The molecule has 0 amide bonds. The Morgan fingerprint density at radius 2 is 2.10 bits per heavy atom. The quantitative estimate of drug-likeness (QED) is 0.562. The number of nitrogens with zero attached hydrogens (tertiary/aromatic N) is 2. The summed E-state index contributed by atoms with van der Waals surface area (Å²) < 4.78 is 0.160. The number of halogens is 1. The molecule has 0 saturated heterocycles. The van der Waals surface area contributed by atoms with Gasteiger partial charge in [0.15, 0.2) is 0 Å². The Labute approximate surface area is 74.2 Å². The van der Waals surface area contributed by atoms with Crippen LogP contribution >= 0.6 is 22.6 Å². The van der Waals surface area contributed by atoms with E-state index in [0.29, 0.717) is 0 Å². The second-order valence-electron chi connectivity index (χ2n) is 2.60. The molecule has 0 aromatic carbocycles. The normalized spacial score (nSPS) is 11.5. The van der Waals surface area contributed by atoms with E-state index in [2.05, 4.69) is 46.6 Å². The van der Waals surface area contributed by atoms with Gasteiger partial charge < -0.3 is 0 Å². The van der Waals surface area contributed by atoms with Gasteiger partial charge in [-0.3, -0.25) is 0 Å². The van der Waals surface area contributed by atoms with Crippen molar-refractivity contribution in [3.63, 3.8) is 0 Å². The molecule has 1 heterocycles. The summed E-state index contributed by atoms with van der Waals surface area (Å²) in [7, 11) is 0. The molecule has 0 radical (unpaired) electrons. The number of rotatable bonds is 1. The summed E-state index contributed by atoms with van der Waals surface area (Å²) in [6.07, 6.45) is 3.52. The van der Waals surface area contributed by atoms with E-state index in [1.54, 1.807) is 12.4 Å². The average molecular weight is 248 g/mol. The highest BCUT2D eigenvalue weighted by Crippen LogP contribution is 2.28. The number of aromatic nitrogens is 2. The second-order valence-corrected chi connectivity index (χ2v) is 5.30. The Morgan fingerprint density at radius 1 is 1.40 bits per heavy atom. The zero-order valence-corrected chi connectivity index (χ0v) is 8.16. The Bertz CT molecular complexity index is 203. The predicted molar refractivity (Wildman–Crippen MR) is 49.1 cm³/mol. The lowest BCUT2D eigenvalue weighted by atomic mass is 10.1. The standard InChI is InChI=1S/C7H9IN2/c1-7(2,8)6-3-4-9-10-5-6/h3-5H,1-2H3. The molecule has 0 aliphatic carbocycles. The molecule has 0 unspecified atom stereocenters. The Morgan fingerprint density at radius 3 is 2.40 bits per heavy atom. The lowest BCUT2D eigenvalue weighted by Crippen LogP contribution is -2.06. The highest BCUT2D eigenvalue weighted by Gasteiger charge is 2.14. The fourth-order valence-corrected chi connectivity index (χ4v) is 0.961. The van der Waals surface area contributed by atoms with Gasteiger partial charge in [-0.15, -0.1) is 0 Å². The molecular formula is C7H9IN2. The summed E-state index contributed by atoms with van der Waals surface area (Å²) in [4.78, 5) is 0. The number of alkyl halides is 1. The third-order valence-corrected chi connectivity index (χ3v) is 1.89. The largest absolute Gasteiger partial charge is 0.159 e. The first-order chi connectivity index (χ1) is 4.61. The minimum atomic E-state index is 0.160. The molecule has 10 heavy (non-hydrogen) atoms. The van der Waals surface area contributed by atoms with Crippen molar-refractivity contribution >= 4 is 22.6 Å². The maximum Gasteiger partial charge on any atom is 0.0541 e. The summed E-state index contributed by atoms with van der Waals surface area (Å²) in [5.74, 6) is 0. The van der Waals surface area contributed by atoms with Gasteiger partial charge >= 0.3 is 0 Å². The smallest absolute Gasteiger partial charge is 0.0541 e. The molecule has 1 rings (SSSR count). The monoisotopic (exact) mass is 248 g/mol. The molecule has 1 aromatic heterocycles. The van der Waals surface area contributed by atoms with Crippen molar-refractivity contribution in [3.8, 4) is 0 Å². The molecule has 0 aliphatic heterocycles. The van der Waals surface area contributed by atoms with E-state index in [1.807, 2.05) is 6.07 Å². The van der Waals surface area contributed by atoms with E-state index in [9.17, 15) is 0 Å². The molecule has 0 atom stereocenters. The van der Waals surface area contributed by atoms with E-state index < -0.39 is 0 Å². The van der Waals surface area contributed by atoms with E-state index >= 15 is 0 Å². The van der Waals surface area contributed by atoms with Crippen LogP contribution in [0.2, 0.25) is 0 Å². The van der Waals surface area contributed by atoms with Gasteiger partial charge in [-0.25, -0.2) is 0 Å². The zero-order chi connectivity index (χ0) is 7.61. The van der Waals surface area contributed by atoms with E-state index in [-0.39, 0.29) is 3.42 Å². The topological polar surface area (TPSA) is 25.8 Å². The molecule has 0 fully saturated rings. The van der Waals surface area contributed by atoms with Crippen molar-refractivity contribution < 1.29 is 0 Å². The second kappa shape index (κ2) is 2.82. The van der Waals surface area contributed by atoms with Crippen LogP contribution in [0, 0.1) is 0 Å². The molecule has 54 valence electrons. The minimum Gasteiger partial charge on any atom is -0.159 e. The molecular weight excluding hydrogens is 239 g/mol. The maximum absolute atomic E-state index is 3.80. The lowest BCUT2D eigenvalue weighted by molar-refractivity contribution is 0.806. The number of hydrogen-bond acceptors (Lipinski definition) is 2. The summed E-state index contributed by atoms with van der Waals surface area (Å²) in [5.41, 5.74) is 1.21. The molecule has 2 nitrogen and oxygen atoms in total. The van der Waals surface area contributed by atoms with Gasteiger partial charge in [0, 0.05) is 9.62 Å². The van der Waals surface area contributed by atoms with E-state index in [0.717, 1.165) is 0 Å². The van der Waals surface area contributed by atoms with Crippen LogP contribution in [0.4, 0.5) is 0 Å². The van der Waals surface area contributed by atoms with Crippen LogP contribution in [-0.4, -0.2) is 10.2 Å². The lowest BCUT2D eigenvalue weighted by Gasteiger charge is -2.14. The van der Waals surface area contributed by atoms with Crippen molar-refractivity contribution in [3.05, 3.63) is 24.0 Å². The van der Waals surface area contributed by atoms with Crippen LogP contribution in [-0.2, 0) is 3.42 Å². The SMILES string of the molecule is CC(C)(I)c1ccnnc1. The first-order valence-corrected chi connectivity index (χ1v) is 4.14. The maximum atomic E-state index is 3.80. The van der Waals surface area contributed by atoms with Crippen LogP contribution in [0.15, 0.2) is 18.5 Å². The van der Waals surface area contributed by atoms with Crippen LogP contribution in [0.5, 0.6) is 0 Å². The highest BCUT2D eigenvalue weighted by molar-refractivity contribution is 14.1. The summed E-state index contributed by atoms with van der Waals surface area (Å²) in [6.45, 7) is 4.29. The fraction of sp³-hybridized carbons (Fsp3) is 0.429. The highest BCUT2D eigenvalue weighted by atomic mass is 127. The van der Waals surface area contributed by atoms with E-state index in [4.69, 9.17) is 0 Å². The first kappa shape index (κ1) is 7.91. The summed E-state index contributed by atoms with van der Waals surface area (Å²) >= 11 is 2.37. The van der Waals surface area contributed by atoms with E-state index in [1.165, 1.54) is 5.56 Å². The number of hydrogen-bond donors (Lipinski definition) is 0. The predicted octanol–water partition coefficient (Wildman–Crippen LogP) is 2.15. The molecule has 0 N–H and O–H groups in total. The van der Waals surface area contributed by atoms with Crippen molar-refractivity contribution in [2.75, 3.05) is 0 Å². The fourth-order valence-electron chi connectivity index (χ4n) is 0.642. The Kier molecular flexibility index (Phi) is 2.23. The van der Waals surface area contributed by atoms with Gasteiger partial charge in [0.2, 0.25) is 0 Å². The molecule has 3 heteroatoms. The Balaban J connectivity index is 2.97. The Hall–Kier alpha value is -0.190. The molecule has 0 spiro atoms. The van der Waals surface area contributed by atoms with Crippen molar-refractivity contribution in [2.45, 2.75) is 17.3 Å². The van der Waals surface area contributed by atoms with Gasteiger partial charge in [-0.1, -0.05) is 22.6 Å². The average Bonchev–Trinajstić information content (AvgIpc) is 1.88.